The molecule has 0 aliphatic heterocycles. The average Bonchev–Trinajstić information content (AvgIpc) is 2.41. The van der Waals surface area contributed by atoms with Crippen molar-refractivity contribution < 1.29 is 12.8 Å². The first-order chi connectivity index (χ1) is 9.01. The summed E-state index contributed by atoms with van der Waals surface area (Å²) in [5.41, 5.74) is 6.26. The molecule has 1 heterocycles. The van der Waals surface area contributed by atoms with Crippen LogP contribution in [0.15, 0.2) is 47.5 Å². The van der Waals surface area contributed by atoms with Crippen LogP contribution in [0.1, 0.15) is 5.69 Å². The van der Waals surface area contributed by atoms with Gasteiger partial charge < -0.3 is 5.73 Å². The van der Waals surface area contributed by atoms with Crippen LogP contribution in [-0.4, -0.2) is 13.4 Å². The number of nitrogens with one attached hydrogen (secondary N) is 1. The molecule has 3 N–H and O–H groups in total. The molecule has 0 aliphatic rings. The highest BCUT2D eigenvalue weighted by atomic mass is 32.2. The Morgan fingerprint density at radius 2 is 1.84 bits per heavy atom. The van der Waals surface area contributed by atoms with Gasteiger partial charge in [-0.1, -0.05) is 0 Å². The number of hydrogen-bond acceptors (Lipinski definition) is 4. The number of pyridine rings is 1. The van der Waals surface area contributed by atoms with Crippen molar-refractivity contribution in [3.05, 3.63) is 54.1 Å². The minimum Gasteiger partial charge on any atom is -0.325 e. The van der Waals surface area contributed by atoms with Gasteiger partial charge in [0.25, 0.3) is 10.0 Å². The van der Waals surface area contributed by atoms with E-state index in [4.69, 9.17) is 5.73 Å². The second kappa shape index (κ2) is 5.33. The van der Waals surface area contributed by atoms with E-state index in [1.807, 2.05) is 0 Å². The number of halogens is 1. The second-order valence-electron chi connectivity index (χ2n) is 3.80. The summed E-state index contributed by atoms with van der Waals surface area (Å²) in [4.78, 5) is 3.94. The lowest BCUT2D eigenvalue weighted by molar-refractivity contribution is 0.600. The van der Waals surface area contributed by atoms with Crippen LogP contribution >= 0.6 is 0 Å². The molecule has 0 atom stereocenters. The lowest BCUT2D eigenvalue weighted by atomic mass is 10.3. The Hall–Kier alpha value is -1.99. The summed E-state index contributed by atoms with van der Waals surface area (Å²) in [5, 5.41) is 0. The minimum absolute atomic E-state index is 0.0222. The number of hydrogen-bond donors (Lipinski definition) is 2. The van der Waals surface area contributed by atoms with Gasteiger partial charge in [0.05, 0.1) is 5.69 Å². The zero-order valence-electron chi connectivity index (χ0n) is 9.88. The molecule has 2 aromatic rings. The summed E-state index contributed by atoms with van der Waals surface area (Å²) in [6.45, 7) is 0.242. The monoisotopic (exact) mass is 281 g/mol. The minimum atomic E-state index is -3.73. The van der Waals surface area contributed by atoms with E-state index in [1.54, 1.807) is 6.07 Å². The van der Waals surface area contributed by atoms with Crippen molar-refractivity contribution in [1.82, 2.24) is 4.98 Å². The van der Waals surface area contributed by atoms with E-state index in [0.717, 1.165) is 0 Å². The van der Waals surface area contributed by atoms with E-state index < -0.39 is 15.8 Å². The third-order valence-corrected chi connectivity index (χ3v) is 3.78. The van der Waals surface area contributed by atoms with Crippen LogP contribution in [0.25, 0.3) is 0 Å². The molecule has 0 saturated carbocycles. The summed E-state index contributed by atoms with van der Waals surface area (Å²) < 4.78 is 39.1. The van der Waals surface area contributed by atoms with Gasteiger partial charge in [0.2, 0.25) is 0 Å². The SMILES string of the molecule is NCc1ccc(S(=O)(=O)Nc2ccc(F)cc2)cn1. The van der Waals surface area contributed by atoms with Crippen molar-refractivity contribution in [2.45, 2.75) is 11.4 Å². The van der Waals surface area contributed by atoms with Crippen molar-refractivity contribution in [2.24, 2.45) is 5.73 Å². The molecule has 100 valence electrons. The van der Waals surface area contributed by atoms with Crippen molar-refractivity contribution in [3.8, 4) is 0 Å². The summed E-state index contributed by atoms with van der Waals surface area (Å²) in [7, 11) is -3.73. The fourth-order valence-corrected chi connectivity index (χ4v) is 2.43. The third kappa shape index (κ3) is 3.27. The molecule has 1 aromatic carbocycles. The molecule has 2 rings (SSSR count). The van der Waals surface area contributed by atoms with Crippen molar-refractivity contribution in [1.29, 1.82) is 0 Å². The summed E-state index contributed by atoms with van der Waals surface area (Å²) >= 11 is 0. The molecule has 5 nitrogen and oxygen atoms in total. The topological polar surface area (TPSA) is 85.1 Å². The number of nitrogens with two attached hydrogens (primary N) is 1. The molecule has 7 heteroatoms. The first-order valence-electron chi connectivity index (χ1n) is 5.44. The number of nitrogens with zero attached hydrogens (tertiary/aromatic N) is 1. The largest absolute Gasteiger partial charge is 0.325 e. The quantitative estimate of drug-likeness (QED) is 0.889. The zero-order valence-corrected chi connectivity index (χ0v) is 10.7. The second-order valence-corrected chi connectivity index (χ2v) is 5.48. The highest BCUT2D eigenvalue weighted by molar-refractivity contribution is 7.92. The van der Waals surface area contributed by atoms with Crippen LogP contribution in [0, 0.1) is 5.82 Å². The Labute approximate surface area is 110 Å². The van der Waals surface area contributed by atoms with Crippen LogP contribution in [0.5, 0.6) is 0 Å². The Bertz CT molecular complexity index is 654. The van der Waals surface area contributed by atoms with Crippen molar-refractivity contribution in [2.75, 3.05) is 4.72 Å². The molecular formula is C12H12FN3O2S. The van der Waals surface area contributed by atoms with Crippen LogP contribution in [-0.2, 0) is 16.6 Å². The van der Waals surface area contributed by atoms with Crippen LogP contribution in [0.4, 0.5) is 10.1 Å². The maximum atomic E-state index is 12.7. The Morgan fingerprint density at radius 1 is 1.16 bits per heavy atom. The van der Waals surface area contributed by atoms with Crippen LogP contribution < -0.4 is 10.5 Å². The van der Waals surface area contributed by atoms with Gasteiger partial charge in [0.1, 0.15) is 10.7 Å². The van der Waals surface area contributed by atoms with Gasteiger partial charge in [-0.25, -0.2) is 12.8 Å². The van der Waals surface area contributed by atoms with E-state index in [9.17, 15) is 12.8 Å². The van der Waals surface area contributed by atoms with Crippen LogP contribution in [0.3, 0.4) is 0 Å². The van der Waals surface area contributed by atoms with Gasteiger partial charge in [-0.15, -0.1) is 0 Å². The number of rotatable bonds is 4. The highest BCUT2D eigenvalue weighted by Crippen LogP contribution is 2.15. The average molecular weight is 281 g/mol. The maximum absolute atomic E-state index is 12.7. The van der Waals surface area contributed by atoms with Gasteiger partial charge in [0.15, 0.2) is 0 Å². The standard InChI is InChI=1S/C12H12FN3O2S/c13-9-1-3-10(4-2-9)16-19(17,18)12-6-5-11(7-14)15-8-12/h1-6,8,16H,7,14H2. The molecular weight excluding hydrogens is 269 g/mol. The van der Waals surface area contributed by atoms with E-state index in [1.165, 1.54) is 36.5 Å². The number of anilines is 1. The molecule has 0 amide bonds. The number of aromatic nitrogens is 1. The zero-order chi connectivity index (χ0) is 13.9. The Kier molecular flexibility index (Phi) is 3.77. The molecule has 0 saturated heterocycles. The van der Waals surface area contributed by atoms with E-state index in [-0.39, 0.29) is 17.1 Å². The first kappa shape index (κ1) is 13.4. The smallest absolute Gasteiger partial charge is 0.263 e. The van der Waals surface area contributed by atoms with Gasteiger partial charge >= 0.3 is 0 Å². The van der Waals surface area contributed by atoms with E-state index >= 15 is 0 Å². The molecule has 1 aromatic heterocycles. The van der Waals surface area contributed by atoms with Crippen molar-refractivity contribution in [3.63, 3.8) is 0 Å². The third-order valence-electron chi connectivity index (χ3n) is 2.41. The Balaban J connectivity index is 2.24. The lowest BCUT2D eigenvalue weighted by Gasteiger charge is -2.08. The normalized spacial score (nSPS) is 11.3. The summed E-state index contributed by atoms with van der Waals surface area (Å²) in [5.74, 6) is -0.433. The maximum Gasteiger partial charge on any atom is 0.263 e. The summed E-state index contributed by atoms with van der Waals surface area (Å²) in [6.07, 6.45) is 1.23. The highest BCUT2D eigenvalue weighted by Gasteiger charge is 2.14. The van der Waals surface area contributed by atoms with Gasteiger partial charge in [-0.2, -0.15) is 0 Å². The Morgan fingerprint density at radius 3 is 2.37 bits per heavy atom. The summed E-state index contributed by atoms with van der Waals surface area (Å²) in [6, 6.07) is 7.99. The number of sulfonamides is 1. The van der Waals surface area contributed by atoms with E-state index in [2.05, 4.69) is 9.71 Å². The fourth-order valence-electron chi connectivity index (χ4n) is 1.42. The molecule has 0 bridgehead atoms. The van der Waals surface area contributed by atoms with E-state index in [0.29, 0.717) is 5.69 Å². The number of benzene rings is 1. The van der Waals surface area contributed by atoms with Gasteiger partial charge in [-0.3, -0.25) is 9.71 Å². The van der Waals surface area contributed by atoms with Gasteiger partial charge in [0, 0.05) is 18.4 Å². The molecule has 0 spiro atoms. The van der Waals surface area contributed by atoms with Gasteiger partial charge in [-0.05, 0) is 36.4 Å². The van der Waals surface area contributed by atoms with Crippen molar-refractivity contribution >= 4 is 15.7 Å². The molecule has 0 radical (unpaired) electrons. The fraction of sp³-hybridized carbons (Fsp3) is 0.0833. The predicted molar refractivity (Wildman–Crippen MR) is 69.3 cm³/mol. The first-order valence-corrected chi connectivity index (χ1v) is 6.93. The van der Waals surface area contributed by atoms with Crippen LogP contribution in [0.2, 0.25) is 0 Å². The predicted octanol–water partition coefficient (Wildman–Crippen LogP) is 1.48. The molecule has 19 heavy (non-hydrogen) atoms. The lowest BCUT2D eigenvalue weighted by Crippen LogP contribution is -2.13. The molecule has 0 unspecified atom stereocenters. The molecule has 0 aliphatic carbocycles. The molecule has 0 fully saturated rings.